The van der Waals surface area contributed by atoms with E-state index in [1.165, 1.54) is 31.4 Å². The van der Waals surface area contributed by atoms with Crippen molar-refractivity contribution >= 4 is 23.3 Å². The smallest absolute Gasteiger partial charge is 0.338 e. The second-order valence-electron chi connectivity index (χ2n) is 5.79. The van der Waals surface area contributed by atoms with Crippen molar-refractivity contribution < 1.29 is 33.5 Å². The van der Waals surface area contributed by atoms with Crippen molar-refractivity contribution in [2.24, 2.45) is 0 Å². The molecule has 0 aliphatic heterocycles. The van der Waals surface area contributed by atoms with Gasteiger partial charge in [0.05, 0.1) is 36.5 Å². The van der Waals surface area contributed by atoms with Gasteiger partial charge in [0.2, 0.25) is 0 Å². The van der Waals surface area contributed by atoms with E-state index in [0.29, 0.717) is 24.7 Å². The number of carbonyl (C=O) groups is 2. The summed E-state index contributed by atoms with van der Waals surface area (Å²) in [6, 6.07) is 8.31. The van der Waals surface area contributed by atoms with Crippen LogP contribution in [0.5, 0.6) is 17.2 Å². The molecule has 0 aliphatic rings. The Morgan fingerprint density at radius 1 is 1.00 bits per heavy atom. The lowest BCUT2D eigenvalue weighted by molar-refractivity contribution is -0.384. The Hall–Kier alpha value is -3.82. The summed E-state index contributed by atoms with van der Waals surface area (Å²) in [5.74, 6) is -0.308. The Labute approximate surface area is 172 Å². The number of carbonyl (C=O) groups excluding carboxylic acids is 2. The number of benzene rings is 2. The summed E-state index contributed by atoms with van der Waals surface area (Å²) in [5, 5.41) is 13.3. The highest BCUT2D eigenvalue weighted by Crippen LogP contribution is 2.30. The summed E-state index contributed by atoms with van der Waals surface area (Å²) in [6.07, 6.45) is 0. The zero-order valence-electron chi connectivity index (χ0n) is 16.8. The van der Waals surface area contributed by atoms with Gasteiger partial charge in [0, 0.05) is 12.1 Å². The van der Waals surface area contributed by atoms with Gasteiger partial charge in [-0.1, -0.05) is 0 Å². The molecule has 0 saturated heterocycles. The number of esters is 1. The molecule has 0 saturated carbocycles. The Balaban J connectivity index is 2.04. The van der Waals surface area contributed by atoms with E-state index in [-0.39, 0.29) is 22.7 Å². The van der Waals surface area contributed by atoms with Crippen molar-refractivity contribution in [1.82, 2.24) is 0 Å². The van der Waals surface area contributed by atoms with Crippen LogP contribution in [-0.2, 0) is 9.53 Å². The van der Waals surface area contributed by atoms with Gasteiger partial charge in [-0.15, -0.1) is 0 Å². The van der Waals surface area contributed by atoms with E-state index in [2.05, 4.69) is 5.32 Å². The molecule has 0 aromatic heterocycles. The summed E-state index contributed by atoms with van der Waals surface area (Å²) >= 11 is 0. The van der Waals surface area contributed by atoms with E-state index in [9.17, 15) is 19.7 Å². The first-order valence-corrected chi connectivity index (χ1v) is 9.08. The molecule has 0 heterocycles. The van der Waals surface area contributed by atoms with Crippen LogP contribution in [0.4, 0.5) is 11.4 Å². The van der Waals surface area contributed by atoms with E-state index in [1.807, 2.05) is 6.92 Å². The highest BCUT2D eigenvalue weighted by Gasteiger charge is 2.17. The summed E-state index contributed by atoms with van der Waals surface area (Å²) in [6.45, 7) is 3.85. The summed E-state index contributed by atoms with van der Waals surface area (Å²) in [5.41, 5.74) is 0.0519. The van der Waals surface area contributed by atoms with Gasteiger partial charge in [0.1, 0.15) is 5.75 Å². The van der Waals surface area contributed by atoms with Crippen molar-refractivity contribution in [3.05, 3.63) is 52.1 Å². The fourth-order valence-electron chi connectivity index (χ4n) is 2.49. The van der Waals surface area contributed by atoms with Crippen LogP contribution < -0.4 is 19.5 Å². The molecule has 160 valence electrons. The number of hydrogen-bond acceptors (Lipinski definition) is 8. The molecule has 2 aromatic carbocycles. The van der Waals surface area contributed by atoms with Gasteiger partial charge in [-0.05, 0) is 38.1 Å². The molecule has 10 heteroatoms. The van der Waals surface area contributed by atoms with Crippen molar-refractivity contribution in [1.29, 1.82) is 0 Å². The first-order chi connectivity index (χ1) is 14.4. The Morgan fingerprint density at radius 3 is 2.30 bits per heavy atom. The molecule has 2 aromatic rings. The maximum absolute atomic E-state index is 12.3. The van der Waals surface area contributed by atoms with E-state index in [1.54, 1.807) is 13.0 Å². The number of nitro groups is 1. The number of non-ortho nitro benzene ring substituents is 1. The van der Waals surface area contributed by atoms with Gasteiger partial charge < -0.3 is 24.3 Å². The lowest BCUT2D eigenvalue weighted by Gasteiger charge is -2.12. The Kier molecular flexibility index (Phi) is 7.98. The van der Waals surface area contributed by atoms with Crippen LogP contribution in [0.1, 0.15) is 24.2 Å². The third kappa shape index (κ3) is 5.84. The predicted molar refractivity (Wildman–Crippen MR) is 107 cm³/mol. The van der Waals surface area contributed by atoms with Gasteiger partial charge in [-0.25, -0.2) is 4.79 Å². The molecule has 0 unspecified atom stereocenters. The van der Waals surface area contributed by atoms with Crippen LogP contribution in [0.2, 0.25) is 0 Å². The average molecular weight is 418 g/mol. The van der Waals surface area contributed by atoms with Crippen molar-refractivity contribution in [2.45, 2.75) is 13.8 Å². The summed E-state index contributed by atoms with van der Waals surface area (Å²) in [7, 11) is 1.36. The highest BCUT2D eigenvalue weighted by molar-refractivity contribution is 5.96. The van der Waals surface area contributed by atoms with Crippen LogP contribution in [0.3, 0.4) is 0 Å². The molecule has 0 spiro atoms. The zero-order valence-corrected chi connectivity index (χ0v) is 16.8. The second-order valence-corrected chi connectivity index (χ2v) is 5.79. The fraction of sp³-hybridized carbons (Fsp3) is 0.300. The highest BCUT2D eigenvalue weighted by atomic mass is 16.6. The maximum Gasteiger partial charge on any atom is 0.338 e. The summed E-state index contributed by atoms with van der Waals surface area (Å²) < 4.78 is 21.0. The minimum absolute atomic E-state index is 0.0902. The number of methoxy groups -OCH3 is 1. The molecule has 0 bridgehead atoms. The molecule has 10 nitrogen and oxygen atoms in total. The fourth-order valence-corrected chi connectivity index (χ4v) is 2.49. The lowest BCUT2D eigenvalue weighted by atomic mass is 10.2. The number of amides is 1. The molecule has 0 radical (unpaired) electrons. The summed E-state index contributed by atoms with van der Waals surface area (Å²) in [4.78, 5) is 34.7. The number of rotatable bonds is 10. The van der Waals surface area contributed by atoms with E-state index in [4.69, 9.17) is 18.9 Å². The SMILES string of the molecule is CCOc1ccc(C(=O)OCC(=O)Nc2cc([N+](=O)[O-])ccc2OC)cc1OCC. The molecular formula is C20H22N2O8. The molecule has 1 amide bonds. The zero-order chi connectivity index (χ0) is 22.1. The van der Waals surface area contributed by atoms with E-state index in [0.717, 1.165) is 6.07 Å². The molecular weight excluding hydrogens is 396 g/mol. The molecule has 1 N–H and O–H groups in total. The van der Waals surface area contributed by atoms with Gasteiger partial charge in [-0.2, -0.15) is 0 Å². The monoisotopic (exact) mass is 418 g/mol. The number of hydrogen-bond donors (Lipinski definition) is 1. The van der Waals surface area contributed by atoms with Gasteiger partial charge in [0.25, 0.3) is 11.6 Å². The molecule has 0 atom stereocenters. The maximum atomic E-state index is 12.3. The van der Waals surface area contributed by atoms with Crippen LogP contribution >= 0.6 is 0 Å². The number of nitrogens with zero attached hydrogens (tertiary/aromatic N) is 1. The Bertz CT molecular complexity index is 929. The van der Waals surface area contributed by atoms with E-state index >= 15 is 0 Å². The third-order valence-electron chi connectivity index (χ3n) is 3.78. The van der Waals surface area contributed by atoms with Crippen molar-refractivity contribution in [3.8, 4) is 17.2 Å². The molecule has 30 heavy (non-hydrogen) atoms. The van der Waals surface area contributed by atoms with Crippen LogP contribution in [-0.4, -0.2) is 43.7 Å². The Morgan fingerprint density at radius 2 is 1.67 bits per heavy atom. The largest absolute Gasteiger partial charge is 0.495 e. The number of ether oxygens (including phenoxy) is 4. The van der Waals surface area contributed by atoms with Gasteiger partial charge in [-0.3, -0.25) is 14.9 Å². The number of nitro benzene ring substituents is 1. The van der Waals surface area contributed by atoms with Crippen molar-refractivity contribution in [2.75, 3.05) is 32.2 Å². The van der Waals surface area contributed by atoms with E-state index < -0.39 is 23.4 Å². The topological polar surface area (TPSA) is 126 Å². The molecule has 2 rings (SSSR count). The minimum Gasteiger partial charge on any atom is -0.495 e. The van der Waals surface area contributed by atoms with Crippen LogP contribution in [0.15, 0.2) is 36.4 Å². The quantitative estimate of drug-likeness (QED) is 0.354. The van der Waals surface area contributed by atoms with Gasteiger partial charge >= 0.3 is 5.97 Å². The van der Waals surface area contributed by atoms with Gasteiger partial charge in [0.15, 0.2) is 18.1 Å². The average Bonchev–Trinajstić information content (AvgIpc) is 2.73. The molecule has 0 aliphatic carbocycles. The molecule has 0 fully saturated rings. The first-order valence-electron chi connectivity index (χ1n) is 9.08. The minimum atomic E-state index is -0.736. The lowest BCUT2D eigenvalue weighted by Crippen LogP contribution is -2.21. The third-order valence-corrected chi connectivity index (χ3v) is 3.78. The number of anilines is 1. The van der Waals surface area contributed by atoms with Crippen LogP contribution in [0.25, 0.3) is 0 Å². The number of nitrogens with one attached hydrogen (secondary N) is 1. The normalized spacial score (nSPS) is 10.1. The second kappa shape index (κ2) is 10.6. The van der Waals surface area contributed by atoms with Crippen LogP contribution in [0, 0.1) is 10.1 Å². The van der Waals surface area contributed by atoms with Crippen molar-refractivity contribution in [3.63, 3.8) is 0 Å². The predicted octanol–water partition coefficient (Wildman–Crippen LogP) is 3.20. The standard InChI is InChI=1S/C20H22N2O8/c1-4-28-17-8-6-13(10-18(17)29-5-2)20(24)30-12-19(23)21-15-11-14(22(25)26)7-9-16(15)27-3/h6-11H,4-5,12H2,1-3H3,(H,21,23). The first kappa shape index (κ1) is 22.5.